The van der Waals surface area contributed by atoms with E-state index in [1.54, 1.807) is 30.5 Å². The molecule has 1 heterocycles. The van der Waals surface area contributed by atoms with Crippen molar-refractivity contribution in [1.29, 1.82) is 0 Å². The molecule has 4 nitrogen and oxygen atoms in total. The number of hydrogen-bond donors (Lipinski definition) is 1. The second-order valence-electron chi connectivity index (χ2n) is 5.35. The van der Waals surface area contributed by atoms with Gasteiger partial charge < -0.3 is 5.73 Å². The zero-order chi connectivity index (χ0) is 14.8. The second-order valence-corrected chi connectivity index (χ2v) is 5.35. The summed E-state index contributed by atoms with van der Waals surface area (Å²) in [5.74, 6) is -0.847. The molecule has 1 atom stereocenters. The number of carbonyl (C=O) groups is 2. The lowest BCUT2D eigenvalue weighted by atomic mass is 9.93. The topological polar surface area (TPSA) is 73.0 Å². The first-order valence-electron chi connectivity index (χ1n) is 7.00. The molecule has 0 bridgehead atoms. The minimum Gasteiger partial charge on any atom is -0.327 e. The molecule has 0 saturated heterocycles. The Kier molecular flexibility index (Phi) is 3.62. The fraction of sp³-hybridized carbons (Fsp3) is 0.235. The highest BCUT2D eigenvalue weighted by molar-refractivity contribution is 6.26. The summed E-state index contributed by atoms with van der Waals surface area (Å²) in [5.41, 5.74) is 8.03. The van der Waals surface area contributed by atoms with Gasteiger partial charge in [-0.1, -0.05) is 30.3 Å². The maximum Gasteiger partial charge on any atom is 0.174 e. The van der Waals surface area contributed by atoms with Gasteiger partial charge in [-0.15, -0.1) is 0 Å². The van der Waals surface area contributed by atoms with Crippen molar-refractivity contribution in [2.45, 2.75) is 18.9 Å². The van der Waals surface area contributed by atoms with Crippen LogP contribution in [0.1, 0.15) is 32.8 Å². The molecule has 0 fully saturated rings. The van der Waals surface area contributed by atoms with Crippen LogP contribution in [0.15, 0.2) is 48.7 Å². The summed E-state index contributed by atoms with van der Waals surface area (Å²) in [6.45, 7) is 0. The molecule has 1 aliphatic rings. The number of nitrogens with two attached hydrogens (primary N) is 1. The Morgan fingerprint density at radius 3 is 2.19 bits per heavy atom. The SMILES string of the molecule is N[C@@H](Cc1ccccn1)CC1C(=O)c2ccccc2C1=O. The summed E-state index contributed by atoms with van der Waals surface area (Å²) in [6.07, 6.45) is 2.64. The van der Waals surface area contributed by atoms with Crippen LogP contribution < -0.4 is 5.73 Å². The zero-order valence-corrected chi connectivity index (χ0v) is 11.5. The van der Waals surface area contributed by atoms with Gasteiger partial charge in [0, 0.05) is 35.5 Å². The number of fused-ring (bicyclic) bond motifs is 1. The predicted octanol–water partition coefficient (Wildman–Crippen LogP) is 2.04. The standard InChI is InChI=1S/C17H16N2O2/c18-11(9-12-5-3-4-8-19-12)10-15-16(20)13-6-1-2-7-14(13)17(15)21/h1-8,11,15H,9-10,18H2/t11-/m0/s1. The first kappa shape index (κ1) is 13.6. The molecule has 0 aliphatic heterocycles. The molecule has 1 aromatic carbocycles. The Morgan fingerprint density at radius 2 is 1.62 bits per heavy atom. The third-order valence-electron chi connectivity index (χ3n) is 3.83. The van der Waals surface area contributed by atoms with E-state index >= 15 is 0 Å². The molecule has 1 aromatic heterocycles. The summed E-state index contributed by atoms with van der Waals surface area (Å²) >= 11 is 0. The molecular formula is C17H16N2O2. The molecule has 2 N–H and O–H groups in total. The van der Waals surface area contributed by atoms with Gasteiger partial charge in [0.15, 0.2) is 11.6 Å². The largest absolute Gasteiger partial charge is 0.327 e. The third-order valence-corrected chi connectivity index (χ3v) is 3.83. The molecule has 0 radical (unpaired) electrons. The first-order valence-corrected chi connectivity index (χ1v) is 7.00. The lowest BCUT2D eigenvalue weighted by Gasteiger charge is -2.14. The van der Waals surface area contributed by atoms with Crippen molar-refractivity contribution in [3.63, 3.8) is 0 Å². The summed E-state index contributed by atoms with van der Waals surface area (Å²) in [6, 6.07) is 12.4. The van der Waals surface area contributed by atoms with Crippen LogP contribution in [-0.2, 0) is 6.42 Å². The molecule has 4 heteroatoms. The Balaban J connectivity index is 1.72. The van der Waals surface area contributed by atoms with Crippen LogP contribution in [0.3, 0.4) is 0 Å². The number of Topliss-reactive ketones (excluding diaryl/α,β-unsaturated/α-hetero) is 2. The van der Waals surface area contributed by atoms with Crippen LogP contribution in [0.4, 0.5) is 0 Å². The van der Waals surface area contributed by atoms with Crippen LogP contribution in [0.25, 0.3) is 0 Å². The van der Waals surface area contributed by atoms with Gasteiger partial charge in [-0.3, -0.25) is 14.6 Å². The molecular weight excluding hydrogens is 264 g/mol. The van der Waals surface area contributed by atoms with Crippen LogP contribution in [0.2, 0.25) is 0 Å². The van der Waals surface area contributed by atoms with Crippen LogP contribution >= 0.6 is 0 Å². The second kappa shape index (κ2) is 5.58. The van der Waals surface area contributed by atoms with Gasteiger partial charge >= 0.3 is 0 Å². The Bertz CT molecular complexity index is 647. The number of pyridine rings is 1. The van der Waals surface area contributed by atoms with Crippen LogP contribution in [0, 0.1) is 5.92 Å². The number of rotatable bonds is 4. The van der Waals surface area contributed by atoms with Crippen LogP contribution in [0.5, 0.6) is 0 Å². The summed E-state index contributed by atoms with van der Waals surface area (Å²) in [7, 11) is 0. The van der Waals surface area contributed by atoms with Crippen molar-refractivity contribution in [2.75, 3.05) is 0 Å². The highest BCUT2D eigenvalue weighted by atomic mass is 16.2. The highest BCUT2D eigenvalue weighted by Gasteiger charge is 2.38. The third kappa shape index (κ3) is 2.62. The predicted molar refractivity (Wildman–Crippen MR) is 79.1 cm³/mol. The average Bonchev–Trinajstić information content (AvgIpc) is 2.74. The quantitative estimate of drug-likeness (QED) is 0.870. The van der Waals surface area contributed by atoms with Gasteiger partial charge in [0.2, 0.25) is 0 Å². The summed E-state index contributed by atoms with van der Waals surface area (Å²) in [4.78, 5) is 28.8. The number of aromatic nitrogens is 1. The lowest BCUT2D eigenvalue weighted by Crippen LogP contribution is -2.30. The Morgan fingerprint density at radius 1 is 1.00 bits per heavy atom. The van der Waals surface area contributed by atoms with Gasteiger partial charge in [-0.25, -0.2) is 0 Å². The van der Waals surface area contributed by atoms with Crippen molar-refractivity contribution in [3.8, 4) is 0 Å². The smallest absolute Gasteiger partial charge is 0.174 e. The normalized spacial score (nSPS) is 16.0. The molecule has 0 amide bonds. The first-order chi connectivity index (χ1) is 10.2. The lowest BCUT2D eigenvalue weighted by molar-refractivity contribution is 0.0824. The molecule has 2 aromatic rings. The molecule has 0 saturated carbocycles. The molecule has 3 rings (SSSR count). The number of benzene rings is 1. The number of carbonyl (C=O) groups excluding carboxylic acids is 2. The highest BCUT2D eigenvalue weighted by Crippen LogP contribution is 2.29. The van der Waals surface area contributed by atoms with E-state index < -0.39 is 5.92 Å². The van der Waals surface area contributed by atoms with E-state index in [1.165, 1.54) is 0 Å². The Hall–Kier alpha value is -2.33. The zero-order valence-electron chi connectivity index (χ0n) is 11.5. The van der Waals surface area contributed by atoms with E-state index in [-0.39, 0.29) is 17.6 Å². The minimum atomic E-state index is -0.638. The molecule has 1 aliphatic carbocycles. The van der Waals surface area contributed by atoms with E-state index in [2.05, 4.69) is 4.98 Å². The van der Waals surface area contributed by atoms with Crippen molar-refractivity contribution < 1.29 is 9.59 Å². The Labute approximate surface area is 123 Å². The molecule has 0 unspecified atom stereocenters. The van der Waals surface area contributed by atoms with Crippen molar-refractivity contribution in [2.24, 2.45) is 11.7 Å². The molecule has 21 heavy (non-hydrogen) atoms. The van der Waals surface area contributed by atoms with E-state index in [0.29, 0.717) is 24.0 Å². The fourth-order valence-electron chi connectivity index (χ4n) is 2.79. The number of nitrogens with zero attached hydrogens (tertiary/aromatic N) is 1. The van der Waals surface area contributed by atoms with E-state index in [1.807, 2.05) is 18.2 Å². The number of ketones is 2. The maximum absolute atomic E-state index is 12.3. The van der Waals surface area contributed by atoms with Gasteiger partial charge in [0.25, 0.3) is 0 Å². The maximum atomic E-state index is 12.3. The van der Waals surface area contributed by atoms with Gasteiger partial charge in [0.1, 0.15) is 0 Å². The summed E-state index contributed by atoms with van der Waals surface area (Å²) in [5, 5.41) is 0. The van der Waals surface area contributed by atoms with Crippen molar-refractivity contribution in [1.82, 2.24) is 4.98 Å². The van der Waals surface area contributed by atoms with Gasteiger partial charge in [0.05, 0.1) is 5.92 Å². The van der Waals surface area contributed by atoms with Crippen LogP contribution in [-0.4, -0.2) is 22.6 Å². The van der Waals surface area contributed by atoms with Crippen molar-refractivity contribution >= 4 is 11.6 Å². The fourth-order valence-corrected chi connectivity index (χ4v) is 2.79. The van der Waals surface area contributed by atoms with E-state index in [0.717, 1.165) is 5.69 Å². The minimum absolute atomic E-state index is 0.105. The van der Waals surface area contributed by atoms with Crippen molar-refractivity contribution in [3.05, 3.63) is 65.5 Å². The van der Waals surface area contributed by atoms with E-state index in [9.17, 15) is 9.59 Å². The molecule has 106 valence electrons. The monoisotopic (exact) mass is 280 g/mol. The van der Waals surface area contributed by atoms with Gasteiger partial charge in [-0.2, -0.15) is 0 Å². The van der Waals surface area contributed by atoms with E-state index in [4.69, 9.17) is 5.73 Å². The number of hydrogen-bond acceptors (Lipinski definition) is 4. The average molecular weight is 280 g/mol. The van der Waals surface area contributed by atoms with Gasteiger partial charge in [-0.05, 0) is 18.6 Å². The molecule has 0 spiro atoms. The summed E-state index contributed by atoms with van der Waals surface area (Å²) < 4.78 is 0.